The lowest BCUT2D eigenvalue weighted by Crippen LogP contribution is -2.28. The van der Waals surface area contributed by atoms with E-state index in [1.54, 1.807) is 30.6 Å². The third-order valence-electron chi connectivity index (χ3n) is 6.30. The maximum atomic E-state index is 13.5. The number of furan rings is 1. The van der Waals surface area contributed by atoms with Gasteiger partial charge in [-0.05, 0) is 82.9 Å². The van der Waals surface area contributed by atoms with Gasteiger partial charge in [0, 0.05) is 0 Å². The van der Waals surface area contributed by atoms with Crippen molar-refractivity contribution in [2.24, 2.45) is 16.1 Å². The van der Waals surface area contributed by atoms with E-state index in [1.807, 2.05) is 84.9 Å². The molecule has 1 saturated heterocycles. The van der Waals surface area contributed by atoms with Gasteiger partial charge >= 0.3 is 0 Å². The van der Waals surface area contributed by atoms with E-state index in [9.17, 15) is 4.79 Å². The van der Waals surface area contributed by atoms with Crippen molar-refractivity contribution in [2.75, 3.05) is 13.7 Å². The van der Waals surface area contributed by atoms with E-state index < -0.39 is 0 Å². The molecule has 1 aliphatic heterocycles. The van der Waals surface area contributed by atoms with E-state index in [0.29, 0.717) is 46.5 Å². The van der Waals surface area contributed by atoms with Crippen LogP contribution in [-0.2, 0) is 17.9 Å². The molecule has 2 heterocycles. The first kappa shape index (κ1) is 29.7. The summed E-state index contributed by atoms with van der Waals surface area (Å²) in [6.45, 7) is 5.47. The molecule has 0 unspecified atom stereocenters. The highest BCUT2D eigenvalue weighted by atomic mass is 32.2. The molecule has 8 nitrogen and oxygen atoms in total. The molecule has 0 saturated carbocycles. The van der Waals surface area contributed by atoms with Crippen LogP contribution in [0, 0.1) is 5.92 Å². The minimum atomic E-state index is -0.181. The van der Waals surface area contributed by atoms with Crippen LogP contribution in [0.5, 0.6) is 17.2 Å². The molecule has 220 valence electrons. The van der Waals surface area contributed by atoms with Gasteiger partial charge in [0.25, 0.3) is 5.91 Å². The SMILES string of the molecule is COc1cc(/C=N\N=C2\S/C(=C\c3cccc(OCc4ccccc4)c3)C(=O)N2Cc2ccco2)ccc1OCC(C)C. The highest BCUT2D eigenvalue weighted by Gasteiger charge is 2.34. The molecule has 9 heteroatoms. The summed E-state index contributed by atoms with van der Waals surface area (Å²) in [6, 6.07) is 26.8. The summed E-state index contributed by atoms with van der Waals surface area (Å²) < 4.78 is 22.8. The third-order valence-corrected chi connectivity index (χ3v) is 7.29. The van der Waals surface area contributed by atoms with Gasteiger partial charge in [-0.25, -0.2) is 0 Å². The molecule has 43 heavy (non-hydrogen) atoms. The van der Waals surface area contributed by atoms with E-state index in [2.05, 4.69) is 24.1 Å². The Morgan fingerprint density at radius 1 is 0.930 bits per heavy atom. The van der Waals surface area contributed by atoms with Crippen LogP contribution in [-0.4, -0.2) is 35.9 Å². The average molecular weight is 596 g/mol. The Bertz CT molecular complexity index is 1610. The van der Waals surface area contributed by atoms with Crippen molar-refractivity contribution in [1.29, 1.82) is 0 Å². The van der Waals surface area contributed by atoms with Crippen LogP contribution in [0.3, 0.4) is 0 Å². The summed E-state index contributed by atoms with van der Waals surface area (Å²) in [5.41, 5.74) is 2.71. The molecule has 4 aromatic rings. The largest absolute Gasteiger partial charge is 0.493 e. The zero-order valence-corrected chi connectivity index (χ0v) is 25.1. The summed E-state index contributed by atoms with van der Waals surface area (Å²) in [4.78, 5) is 15.6. The Labute approximate surface area is 255 Å². The monoisotopic (exact) mass is 595 g/mol. The van der Waals surface area contributed by atoms with Crippen LogP contribution < -0.4 is 14.2 Å². The first-order chi connectivity index (χ1) is 21.0. The molecular formula is C34H33N3O5S. The zero-order chi connectivity index (χ0) is 30.0. The van der Waals surface area contributed by atoms with Crippen molar-refractivity contribution in [2.45, 2.75) is 27.0 Å². The Balaban J connectivity index is 1.34. The highest BCUT2D eigenvalue weighted by molar-refractivity contribution is 8.18. The number of hydrogen-bond donors (Lipinski definition) is 0. The molecule has 3 aromatic carbocycles. The number of ether oxygens (including phenoxy) is 3. The van der Waals surface area contributed by atoms with Gasteiger partial charge < -0.3 is 18.6 Å². The van der Waals surface area contributed by atoms with E-state index in [0.717, 1.165) is 22.4 Å². The van der Waals surface area contributed by atoms with Gasteiger partial charge in [-0.2, -0.15) is 5.10 Å². The Morgan fingerprint density at radius 2 is 1.79 bits per heavy atom. The fourth-order valence-electron chi connectivity index (χ4n) is 4.15. The molecule has 0 radical (unpaired) electrons. The number of benzene rings is 3. The minimum absolute atomic E-state index is 0.181. The molecule has 1 aliphatic rings. The van der Waals surface area contributed by atoms with Crippen molar-refractivity contribution in [3.63, 3.8) is 0 Å². The second-order valence-corrected chi connectivity index (χ2v) is 11.2. The quantitative estimate of drug-likeness (QED) is 0.0963. The van der Waals surface area contributed by atoms with E-state index in [-0.39, 0.29) is 12.5 Å². The lowest BCUT2D eigenvalue weighted by atomic mass is 10.2. The zero-order valence-electron chi connectivity index (χ0n) is 24.3. The number of carbonyl (C=O) groups excluding carboxylic acids is 1. The second-order valence-electron chi connectivity index (χ2n) is 10.2. The average Bonchev–Trinajstić information content (AvgIpc) is 3.64. The van der Waals surface area contributed by atoms with Crippen molar-refractivity contribution in [3.05, 3.63) is 119 Å². The topological polar surface area (TPSA) is 85.9 Å². The number of nitrogens with zero attached hydrogens (tertiary/aromatic N) is 3. The smallest absolute Gasteiger partial charge is 0.267 e. The summed E-state index contributed by atoms with van der Waals surface area (Å²) in [5, 5.41) is 9.16. The number of rotatable bonds is 12. The van der Waals surface area contributed by atoms with Crippen LogP contribution in [0.1, 0.15) is 36.3 Å². The van der Waals surface area contributed by atoms with Crippen LogP contribution >= 0.6 is 11.8 Å². The molecule has 1 fully saturated rings. The number of thioether (sulfide) groups is 1. The summed E-state index contributed by atoms with van der Waals surface area (Å²) in [5.74, 6) is 2.86. The molecule has 1 amide bonds. The lowest BCUT2D eigenvalue weighted by Gasteiger charge is -2.13. The van der Waals surface area contributed by atoms with E-state index in [1.165, 1.54) is 11.8 Å². The summed E-state index contributed by atoms with van der Waals surface area (Å²) in [6.07, 6.45) is 5.04. The van der Waals surface area contributed by atoms with E-state index in [4.69, 9.17) is 18.6 Å². The van der Waals surface area contributed by atoms with E-state index >= 15 is 0 Å². The Kier molecular flexibility index (Phi) is 9.97. The number of amides is 1. The predicted octanol–water partition coefficient (Wildman–Crippen LogP) is 7.41. The molecule has 0 atom stereocenters. The van der Waals surface area contributed by atoms with Crippen molar-refractivity contribution < 1.29 is 23.4 Å². The minimum Gasteiger partial charge on any atom is -0.493 e. The molecule has 5 rings (SSSR count). The number of amidine groups is 1. The molecule has 0 N–H and O–H groups in total. The fraction of sp³-hybridized carbons (Fsp3) is 0.206. The standard InChI is InChI=1S/C34H33N3O5S/c1-24(2)22-42-30-15-14-27(18-31(30)39-3)20-35-36-34-37(21-29-13-8-16-40-29)33(38)32(43-34)19-26-11-7-12-28(17-26)41-23-25-9-5-4-6-10-25/h4-20,24H,21-23H2,1-3H3/b32-19-,35-20-,36-34+. The maximum Gasteiger partial charge on any atom is 0.267 e. The number of methoxy groups -OCH3 is 1. The van der Waals surface area contributed by atoms with Gasteiger partial charge in [-0.3, -0.25) is 9.69 Å². The first-order valence-corrected chi connectivity index (χ1v) is 14.7. The van der Waals surface area contributed by atoms with Crippen molar-refractivity contribution in [1.82, 2.24) is 4.90 Å². The number of hydrogen-bond acceptors (Lipinski definition) is 8. The van der Waals surface area contributed by atoms with Crippen molar-refractivity contribution >= 4 is 35.1 Å². The number of carbonyl (C=O) groups is 1. The normalized spacial score (nSPS) is 15.3. The van der Waals surface area contributed by atoms with Gasteiger partial charge in [0.05, 0.1) is 37.6 Å². The molecule has 1 aromatic heterocycles. The third kappa shape index (κ3) is 8.17. The maximum absolute atomic E-state index is 13.5. The lowest BCUT2D eigenvalue weighted by molar-refractivity contribution is -0.122. The second kappa shape index (κ2) is 14.4. The van der Waals surface area contributed by atoms with Crippen LogP contribution in [0.2, 0.25) is 0 Å². The van der Waals surface area contributed by atoms with Crippen LogP contribution in [0.15, 0.2) is 111 Å². The van der Waals surface area contributed by atoms with Gasteiger partial charge in [0.1, 0.15) is 18.1 Å². The van der Waals surface area contributed by atoms with Gasteiger partial charge in [0.2, 0.25) is 0 Å². The molecule has 0 aliphatic carbocycles. The molecule has 0 bridgehead atoms. The molecular weight excluding hydrogens is 562 g/mol. The summed E-state index contributed by atoms with van der Waals surface area (Å²) >= 11 is 1.26. The Hall–Kier alpha value is -4.76. The fourth-order valence-corrected chi connectivity index (χ4v) is 5.09. The first-order valence-electron chi connectivity index (χ1n) is 13.9. The predicted molar refractivity (Wildman–Crippen MR) is 170 cm³/mol. The summed E-state index contributed by atoms with van der Waals surface area (Å²) in [7, 11) is 1.60. The van der Waals surface area contributed by atoms with Gasteiger partial charge in [-0.1, -0.05) is 56.3 Å². The molecule has 0 spiro atoms. The van der Waals surface area contributed by atoms with Gasteiger partial charge in [0.15, 0.2) is 16.7 Å². The van der Waals surface area contributed by atoms with Crippen molar-refractivity contribution in [3.8, 4) is 17.2 Å². The Morgan fingerprint density at radius 3 is 2.56 bits per heavy atom. The highest BCUT2D eigenvalue weighted by Crippen LogP contribution is 2.34. The van der Waals surface area contributed by atoms with Gasteiger partial charge in [-0.15, -0.1) is 5.10 Å². The van der Waals surface area contributed by atoms with Crippen LogP contribution in [0.25, 0.3) is 6.08 Å². The van der Waals surface area contributed by atoms with Crippen LogP contribution in [0.4, 0.5) is 0 Å².